The summed E-state index contributed by atoms with van der Waals surface area (Å²) in [4.78, 5) is 31.1. The van der Waals surface area contributed by atoms with E-state index >= 15 is 0 Å². The maximum atomic E-state index is 12.8. The molecule has 26 heavy (non-hydrogen) atoms. The average Bonchev–Trinajstić information content (AvgIpc) is 3.16. The molecule has 1 aromatic carbocycles. The Morgan fingerprint density at radius 2 is 2.04 bits per heavy atom. The van der Waals surface area contributed by atoms with Crippen LogP contribution in [0.25, 0.3) is 0 Å². The van der Waals surface area contributed by atoms with Crippen LogP contribution in [-0.2, 0) is 11.3 Å². The molecule has 1 atom stereocenters. The standard InChI is InChI=1S/C20H23N3O3/c1-14-5-7-15(8-6-14)13-22-19(24)17-4-3-11-23(17)20(25)16-9-10-21-18(12-16)26-2/h5-10,12,17H,3-4,11,13H2,1-2H3,(H,22,24)/t17-/m0/s1. The van der Waals surface area contributed by atoms with Crippen LogP contribution in [0.15, 0.2) is 42.6 Å². The Labute approximate surface area is 153 Å². The van der Waals surface area contributed by atoms with E-state index < -0.39 is 6.04 Å². The van der Waals surface area contributed by atoms with Crippen molar-refractivity contribution in [3.05, 3.63) is 59.3 Å². The fourth-order valence-corrected chi connectivity index (χ4v) is 3.12. The van der Waals surface area contributed by atoms with Gasteiger partial charge >= 0.3 is 0 Å². The Bertz CT molecular complexity index is 789. The van der Waals surface area contributed by atoms with E-state index in [9.17, 15) is 9.59 Å². The number of amides is 2. The molecule has 0 spiro atoms. The average molecular weight is 353 g/mol. The molecule has 1 fully saturated rings. The minimum atomic E-state index is -0.438. The van der Waals surface area contributed by atoms with E-state index in [4.69, 9.17) is 4.74 Å². The summed E-state index contributed by atoms with van der Waals surface area (Å²) >= 11 is 0. The lowest BCUT2D eigenvalue weighted by Gasteiger charge is -2.24. The molecule has 0 unspecified atom stereocenters. The van der Waals surface area contributed by atoms with Gasteiger partial charge in [0.25, 0.3) is 5.91 Å². The number of hydrogen-bond donors (Lipinski definition) is 1. The summed E-state index contributed by atoms with van der Waals surface area (Å²) in [6, 6.07) is 10.8. The lowest BCUT2D eigenvalue weighted by atomic mass is 10.1. The van der Waals surface area contributed by atoms with Crippen molar-refractivity contribution in [3.63, 3.8) is 0 Å². The molecule has 2 amide bonds. The number of carbonyl (C=O) groups excluding carboxylic acids is 2. The highest BCUT2D eigenvalue weighted by Gasteiger charge is 2.34. The first-order valence-electron chi connectivity index (χ1n) is 8.73. The lowest BCUT2D eigenvalue weighted by Crippen LogP contribution is -2.45. The number of carbonyl (C=O) groups is 2. The third kappa shape index (κ3) is 4.02. The predicted octanol–water partition coefficient (Wildman–Crippen LogP) is 2.32. The van der Waals surface area contributed by atoms with E-state index in [1.54, 1.807) is 17.0 Å². The molecular weight excluding hydrogens is 330 g/mol. The normalized spacial score (nSPS) is 16.4. The summed E-state index contributed by atoms with van der Waals surface area (Å²) in [5.41, 5.74) is 2.70. The Morgan fingerprint density at radius 3 is 2.77 bits per heavy atom. The Kier molecular flexibility index (Phi) is 5.51. The number of pyridine rings is 1. The fourth-order valence-electron chi connectivity index (χ4n) is 3.12. The van der Waals surface area contributed by atoms with Gasteiger partial charge in [0.2, 0.25) is 11.8 Å². The van der Waals surface area contributed by atoms with Crippen molar-refractivity contribution in [2.24, 2.45) is 0 Å². The van der Waals surface area contributed by atoms with Crippen LogP contribution in [0, 0.1) is 6.92 Å². The van der Waals surface area contributed by atoms with E-state index in [2.05, 4.69) is 10.3 Å². The van der Waals surface area contributed by atoms with E-state index in [0.717, 1.165) is 12.0 Å². The van der Waals surface area contributed by atoms with Crippen molar-refractivity contribution in [1.82, 2.24) is 15.2 Å². The van der Waals surface area contributed by atoms with Crippen molar-refractivity contribution in [2.75, 3.05) is 13.7 Å². The number of nitrogens with one attached hydrogen (secondary N) is 1. The second-order valence-electron chi connectivity index (χ2n) is 6.45. The van der Waals surface area contributed by atoms with Gasteiger partial charge in [0, 0.05) is 30.9 Å². The van der Waals surface area contributed by atoms with E-state index in [-0.39, 0.29) is 11.8 Å². The molecule has 2 heterocycles. The van der Waals surface area contributed by atoms with Crippen LogP contribution >= 0.6 is 0 Å². The summed E-state index contributed by atoms with van der Waals surface area (Å²) in [6.07, 6.45) is 3.03. The van der Waals surface area contributed by atoms with Gasteiger partial charge in [-0.1, -0.05) is 29.8 Å². The van der Waals surface area contributed by atoms with Crippen LogP contribution < -0.4 is 10.1 Å². The topological polar surface area (TPSA) is 71.5 Å². The monoisotopic (exact) mass is 353 g/mol. The second-order valence-corrected chi connectivity index (χ2v) is 6.45. The fraction of sp³-hybridized carbons (Fsp3) is 0.350. The molecule has 6 nitrogen and oxygen atoms in total. The van der Waals surface area contributed by atoms with Crippen LogP contribution in [-0.4, -0.2) is 41.4 Å². The first kappa shape index (κ1) is 17.9. The Balaban J connectivity index is 1.65. The lowest BCUT2D eigenvalue weighted by molar-refractivity contribution is -0.125. The van der Waals surface area contributed by atoms with Crippen LogP contribution in [0.4, 0.5) is 0 Å². The number of rotatable bonds is 5. The molecule has 0 radical (unpaired) electrons. The minimum Gasteiger partial charge on any atom is -0.481 e. The Hall–Kier alpha value is -2.89. The third-order valence-corrected chi connectivity index (χ3v) is 4.59. The van der Waals surface area contributed by atoms with E-state index in [0.29, 0.717) is 31.0 Å². The van der Waals surface area contributed by atoms with Gasteiger partial charge in [-0.05, 0) is 31.4 Å². The highest BCUT2D eigenvalue weighted by Crippen LogP contribution is 2.21. The molecule has 1 N–H and O–H groups in total. The summed E-state index contributed by atoms with van der Waals surface area (Å²) in [5, 5.41) is 2.95. The van der Waals surface area contributed by atoms with Gasteiger partial charge < -0.3 is 15.0 Å². The number of hydrogen-bond acceptors (Lipinski definition) is 4. The number of nitrogens with zero attached hydrogens (tertiary/aromatic N) is 2. The summed E-state index contributed by atoms with van der Waals surface area (Å²) in [6.45, 7) is 3.06. The molecule has 0 saturated carbocycles. The number of likely N-dealkylation sites (tertiary alicyclic amines) is 1. The highest BCUT2D eigenvalue weighted by molar-refractivity contribution is 5.98. The molecule has 2 aromatic rings. The van der Waals surface area contributed by atoms with E-state index in [1.165, 1.54) is 18.9 Å². The molecule has 1 saturated heterocycles. The molecular formula is C20H23N3O3. The van der Waals surface area contributed by atoms with Crippen LogP contribution in [0.3, 0.4) is 0 Å². The molecule has 1 aromatic heterocycles. The van der Waals surface area contributed by atoms with Crippen LogP contribution in [0.5, 0.6) is 5.88 Å². The number of aromatic nitrogens is 1. The van der Waals surface area contributed by atoms with E-state index in [1.807, 2.05) is 31.2 Å². The summed E-state index contributed by atoms with van der Waals surface area (Å²) in [5.74, 6) is 0.103. The van der Waals surface area contributed by atoms with Gasteiger partial charge in [0.1, 0.15) is 6.04 Å². The van der Waals surface area contributed by atoms with Gasteiger partial charge in [-0.3, -0.25) is 9.59 Å². The molecule has 3 rings (SSSR count). The quantitative estimate of drug-likeness (QED) is 0.895. The Morgan fingerprint density at radius 1 is 1.27 bits per heavy atom. The molecule has 1 aliphatic rings. The van der Waals surface area contributed by atoms with Gasteiger partial charge in [0.15, 0.2) is 0 Å². The third-order valence-electron chi connectivity index (χ3n) is 4.59. The van der Waals surface area contributed by atoms with Gasteiger partial charge in [0.05, 0.1) is 7.11 Å². The second kappa shape index (κ2) is 7.99. The predicted molar refractivity (Wildman–Crippen MR) is 97.9 cm³/mol. The smallest absolute Gasteiger partial charge is 0.254 e. The van der Waals surface area contributed by atoms with Crippen LogP contribution in [0.2, 0.25) is 0 Å². The zero-order valence-corrected chi connectivity index (χ0v) is 15.1. The maximum Gasteiger partial charge on any atom is 0.254 e. The zero-order chi connectivity index (χ0) is 18.5. The number of aryl methyl sites for hydroxylation is 1. The molecule has 0 bridgehead atoms. The molecule has 1 aliphatic heterocycles. The van der Waals surface area contributed by atoms with Crippen LogP contribution in [0.1, 0.15) is 34.3 Å². The number of benzene rings is 1. The summed E-state index contributed by atoms with van der Waals surface area (Å²) in [7, 11) is 1.51. The van der Waals surface area contributed by atoms with Crippen molar-refractivity contribution in [2.45, 2.75) is 32.4 Å². The maximum absolute atomic E-state index is 12.8. The highest BCUT2D eigenvalue weighted by atomic mass is 16.5. The summed E-state index contributed by atoms with van der Waals surface area (Å²) < 4.78 is 5.08. The number of ether oxygens (including phenoxy) is 1. The molecule has 6 heteroatoms. The van der Waals surface area contributed by atoms with Crippen molar-refractivity contribution < 1.29 is 14.3 Å². The van der Waals surface area contributed by atoms with Gasteiger partial charge in [-0.15, -0.1) is 0 Å². The largest absolute Gasteiger partial charge is 0.481 e. The van der Waals surface area contributed by atoms with Crippen molar-refractivity contribution in [3.8, 4) is 5.88 Å². The van der Waals surface area contributed by atoms with Crippen molar-refractivity contribution in [1.29, 1.82) is 0 Å². The van der Waals surface area contributed by atoms with Gasteiger partial charge in [-0.2, -0.15) is 0 Å². The molecule has 136 valence electrons. The molecule has 0 aliphatic carbocycles. The van der Waals surface area contributed by atoms with Crippen molar-refractivity contribution >= 4 is 11.8 Å². The van der Waals surface area contributed by atoms with Gasteiger partial charge in [-0.25, -0.2) is 4.98 Å². The minimum absolute atomic E-state index is 0.113. The zero-order valence-electron chi connectivity index (χ0n) is 15.1. The SMILES string of the molecule is COc1cc(C(=O)N2CCC[C@H]2C(=O)NCc2ccc(C)cc2)ccn1. The first-order chi connectivity index (χ1) is 12.6. The first-order valence-corrected chi connectivity index (χ1v) is 8.73. The number of methoxy groups -OCH3 is 1.